The molecule has 0 bridgehead atoms. The zero-order valence-corrected chi connectivity index (χ0v) is 19.1. The van der Waals surface area contributed by atoms with Gasteiger partial charge in [-0.2, -0.15) is 0 Å². The highest BCUT2D eigenvalue weighted by Gasteiger charge is 2.15. The molecular formula is C19H38IN3O4. The van der Waals surface area contributed by atoms with Crippen LogP contribution in [0.5, 0.6) is 0 Å². The normalized spacial score (nSPS) is 21.1. The quantitative estimate of drug-likeness (QED) is 0.186. The van der Waals surface area contributed by atoms with Gasteiger partial charge in [0, 0.05) is 59.3 Å². The number of hydrogen-bond acceptors (Lipinski definition) is 5. The number of aliphatic imine (C=N–C) groups is 1. The number of nitrogens with one attached hydrogen (secondary N) is 2. The van der Waals surface area contributed by atoms with E-state index in [1.165, 1.54) is 0 Å². The van der Waals surface area contributed by atoms with Gasteiger partial charge in [0.05, 0.1) is 12.7 Å². The molecule has 0 aromatic rings. The molecule has 0 aromatic heterocycles. The van der Waals surface area contributed by atoms with Gasteiger partial charge in [-0.15, -0.1) is 24.0 Å². The first-order valence-corrected chi connectivity index (χ1v) is 10.3. The van der Waals surface area contributed by atoms with E-state index in [9.17, 15) is 0 Å². The molecule has 1 atom stereocenters. The summed E-state index contributed by atoms with van der Waals surface area (Å²) < 4.78 is 22.2. The van der Waals surface area contributed by atoms with Crippen LogP contribution in [0, 0.1) is 5.92 Å². The lowest BCUT2D eigenvalue weighted by Crippen LogP contribution is -2.38. The van der Waals surface area contributed by atoms with Gasteiger partial charge in [-0.25, -0.2) is 0 Å². The van der Waals surface area contributed by atoms with Gasteiger partial charge in [0.15, 0.2) is 5.96 Å². The Hall–Kier alpha value is -0.160. The van der Waals surface area contributed by atoms with Gasteiger partial charge in [0.1, 0.15) is 0 Å². The molecule has 0 spiro atoms. The second-order valence-electron chi connectivity index (χ2n) is 6.88. The molecule has 2 fully saturated rings. The summed E-state index contributed by atoms with van der Waals surface area (Å²) >= 11 is 0. The van der Waals surface area contributed by atoms with Crippen molar-refractivity contribution in [2.45, 2.75) is 45.1 Å². The van der Waals surface area contributed by atoms with Gasteiger partial charge in [-0.3, -0.25) is 4.99 Å². The van der Waals surface area contributed by atoms with E-state index in [0.29, 0.717) is 5.92 Å². The SMILES string of the molecule is CCNC(=NCCCOCC1CCOCC1)NCCCOC1CCOC1.I. The lowest BCUT2D eigenvalue weighted by molar-refractivity contribution is 0.0205. The van der Waals surface area contributed by atoms with E-state index < -0.39 is 0 Å². The topological polar surface area (TPSA) is 73.3 Å². The molecule has 2 heterocycles. The summed E-state index contributed by atoms with van der Waals surface area (Å²) in [6.07, 6.45) is 5.49. The molecule has 0 aliphatic carbocycles. The van der Waals surface area contributed by atoms with Crippen molar-refractivity contribution in [3.63, 3.8) is 0 Å². The summed E-state index contributed by atoms with van der Waals surface area (Å²) in [5.74, 6) is 1.55. The predicted molar refractivity (Wildman–Crippen MR) is 118 cm³/mol. The second kappa shape index (κ2) is 16.8. The first kappa shape index (κ1) is 24.9. The van der Waals surface area contributed by atoms with Crippen molar-refractivity contribution in [1.82, 2.24) is 10.6 Å². The highest BCUT2D eigenvalue weighted by Crippen LogP contribution is 2.14. The minimum Gasteiger partial charge on any atom is -0.381 e. The zero-order chi connectivity index (χ0) is 18.3. The van der Waals surface area contributed by atoms with Crippen molar-refractivity contribution in [1.29, 1.82) is 0 Å². The van der Waals surface area contributed by atoms with Crippen molar-refractivity contribution >= 4 is 29.9 Å². The molecule has 0 amide bonds. The van der Waals surface area contributed by atoms with Gasteiger partial charge in [0.2, 0.25) is 0 Å². The highest BCUT2D eigenvalue weighted by atomic mass is 127. The van der Waals surface area contributed by atoms with Crippen molar-refractivity contribution in [2.75, 3.05) is 65.9 Å². The third kappa shape index (κ3) is 12.1. The van der Waals surface area contributed by atoms with Crippen LogP contribution in [0.3, 0.4) is 0 Å². The lowest BCUT2D eigenvalue weighted by Gasteiger charge is -2.21. The second-order valence-corrected chi connectivity index (χ2v) is 6.88. The Morgan fingerprint density at radius 3 is 2.59 bits per heavy atom. The average molecular weight is 499 g/mol. The highest BCUT2D eigenvalue weighted by molar-refractivity contribution is 14.0. The number of guanidine groups is 1. The number of halogens is 1. The zero-order valence-electron chi connectivity index (χ0n) is 16.7. The molecule has 0 aromatic carbocycles. The summed E-state index contributed by atoms with van der Waals surface area (Å²) in [6.45, 7) is 10.3. The monoisotopic (exact) mass is 499 g/mol. The Bertz CT molecular complexity index is 376. The standard InChI is InChI=1S/C19H37N3O4.HI/c1-2-20-19(22-9-4-11-26-18-7-14-25-16-18)21-8-3-10-24-15-17-5-12-23-13-6-17;/h17-18H,2-16H2,1H3,(H2,20,21,22);1H. The number of nitrogens with zero attached hydrogens (tertiary/aromatic N) is 1. The van der Waals surface area contributed by atoms with E-state index >= 15 is 0 Å². The Morgan fingerprint density at radius 1 is 1.04 bits per heavy atom. The summed E-state index contributed by atoms with van der Waals surface area (Å²) in [5.41, 5.74) is 0. The third-order valence-electron chi connectivity index (χ3n) is 4.61. The molecule has 7 nitrogen and oxygen atoms in total. The number of ether oxygens (including phenoxy) is 4. The van der Waals surface area contributed by atoms with Crippen molar-refractivity contribution < 1.29 is 18.9 Å². The van der Waals surface area contributed by atoms with Crippen LogP contribution in [0.15, 0.2) is 4.99 Å². The largest absolute Gasteiger partial charge is 0.381 e. The molecule has 0 radical (unpaired) electrons. The number of rotatable bonds is 12. The molecule has 8 heteroatoms. The van der Waals surface area contributed by atoms with Gasteiger partial charge < -0.3 is 29.6 Å². The Kier molecular flexibility index (Phi) is 15.4. The maximum atomic E-state index is 5.78. The molecule has 160 valence electrons. The van der Waals surface area contributed by atoms with Gasteiger partial charge >= 0.3 is 0 Å². The fourth-order valence-electron chi connectivity index (χ4n) is 3.04. The first-order valence-electron chi connectivity index (χ1n) is 10.3. The van der Waals surface area contributed by atoms with E-state index in [4.69, 9.17) is 18.9 Å². The molecule has 0 saturated carbocycles. The molecular weight excluding hydrogens is 461 g/mol. The molecule has 2 saturated heterocycles. The summed E-state index contributed by atoms with van der Waals surface area (Å²) in [5, 5.41) is 6.64. The van der Waals surface area contributed by atoms with Gasteiger partial charge in [0.25, 0.3) is 0 Å². The fourth-order valence-corrected chi connectivity index (χ4v) is 3.04. The number of hydrogen-bond donors (Lipinski definition) is 2. The molecule has 2 aliphatic rings. The third-order valence-corrected chi connectivity index (χ3v) is 4.61. The van der Waals surface area contributed by atoms with Crippen LogP contribution < -0.4 is 10.6 Å². The average Bonchev–Trinajstić information content (AvgIpc) is 3.18. The van der Waals surface area contributed by atoms with Crippen molar-refractivity contribution in [3.8, 4) is 0 Å². The summed E-state index contributed by atoms with van der Waals surface area (Å²) in [4.78, 5) is 4.61. The Morgan fingerprint density at radius 2 is 1.85 bits per heavy atom. The maximum Gasteiger partial charge on any atom is 0.191 e. The van der Waals surface area contributed by atoms with Crippen molar-refractivity contribution in [3.05, 3.63) is 0 Å². The van der Waals surface area contributed by atoms with Crippen LogP contribution in [0.4, 0.5) is 0 Å². The summed E-state index contributed by atoms with van der Waals surface area (Å²) in [6, 6.07) is 0. The van der Waals surface area contributed by atoms with E-state index in [2.05, 4.69) is 22.5 Å². The van der Waals surface area contributed by atoms with E-state index in [0.717, 1.165) is 104 Å². The smallest absolute Gasteiger partial charge is 0.191 e. The van der Waals surface area contributed by atoms with E-state index in [1.54, 1.807) is 0 Å². The van der Waals surface area contributed by atoms with Crippen LogP contribution >= 0.6 is 24.0 Å². The van der Waals surface area contributed by atoms with E-state index in [-0.39, 0.29) is 30.1 Å². The Labute approximate surface area is 181 Å². The minimum atomic E-state index is 0. The van der Waals surface area contributed by atoms with Crippen LogP contribution in [0.1, 0.15) is 39.0 Å². The fraction of sp³-hybridized carbons (Fsp3) is 0.947. The first-order chi connectivity index (χ1) is 12.9. The lowest BCUT2D eigenvalue weighted by atomic mass is 10.0. The molecule has 27 heavy (non-hydrogen) atoms. The minimum absolute atomic E-state index is 0. The molecule has 2 N–H and O–H groups in total. The van der Waals surface area contributed by atoms with Crippen LogP contribution in [0.2, 0.25) is 0 Å². The molecule has 2 aliphatic heterocycles. The molecule has 1 unspecified atom stereocenters. The van der Waals surface area contributed by atoms with Crippen LogP contribution in [-0.2, 0) is 18.9 Å². The Balaban J connectivity index is 0.00000364. The summed E-state index contributed by atoms with van der Waals surface area (Å²) in [7, 11) is 0. The van der Waals surface area contributed by atoms with Gasteiger partial charge in [-0.1, -0.05) is 0 Å². The van der Waals surface area contributed by atoms with Crippen LogP contribution in [0.25, 0.3) is 0 Å². The molecule has 2 rings (SSSR count). The van der Waals surface area contributed by atoms with Crippen LogP contribution in [-0.4, -0.2) is 77.9 Å². The van der Waals surface area contributed by atoms with E-state index in [1.807, 2.05) is 0 Å². The maximum absolute atomic E-state index is 5.78. The van der Waals surface area contributed by atoms with Gasteiger partial charge in [-0.05, 0) is 44.9 Å². The predicted octanol–water partition coefficient (Wildman–Crippen LogP) is 2.19. The van der Waals surface area contributed by atoms with Crippen molar-refractivity contribution in [2.24, 2.45) is 10.9 Å².